The average molecular weight is 182 g/mol. The van der Waals surface area contributed by atoms with E-state index in [1.165, 1.54) is 0 Å². The van der Waals surface area contributed by atoms with E-state index in [2.05, 4.69) is 15.3 Å². The number of methoxy groups -OCH3 is 1. The van der Waals surface area contributed by atoms with Gasteiger partial charge in [0.1, 0.15) is 0 Å². The van der Waals surface area contributed by atoms with Crippen LogP contribution in [0.1, 0.15) is 6.92 Å². The monoisotopic (exact) mass is 182 g/mol. The van der Waals surface area contributed by atoms with Crippen molar-refractivity contribution in [3.63, 3.8) is 0 Å². The molecule has 1 heterocycles. The molecule has 5 heteroatoms. The molecule has 0 saturated heterocycles. The molecule has 0 radical (unpaired) electrons. The minimum absolute atomic E-state index is 0.126. The minimum Gasteiger partial charge on any atom is -0.381 e. The standard InChI is InChI=1S/C8H14N4O/c1-6(13-2)5-12-8-7(9)10-3-4-11-8/h3-4,6H,5H2,1-2H3,(H2,9,10)(H,11,12). The third-order valence-electron chi connectivity index (χ3n) is 1.69. The van der Waals surface area contributed by atoms with Gasteiger partial charge >= 0.3 is 0 Å². The van der Waals surface area contributed by atoms with Crippen LogP contribution in [0.4, 0.5) is 11.6 Å². The van der Waals surface area contributed by atoms with Crippen molar-refractivity contribution in [1.82, 2.24) is 9.97 Å². The number of hydrogen-bond donors (Lipinski definition) is 2. The summed E-state index contributed by atoms with van der Waals surface area (Å²) in [6, 6.07) is 0. The highest BCUT2D eigenvalue weighted by Crippen LogP contribution is 2.09. The molecule has 0 aliphatic heterocycles. The highest BCUT2D eigenvalue weighted by atomic mass is 16.5. The molecule has 3 N–H and O–H groups in total. The van der Waals surface area contributed by atoms with E-state index in [4.69, 9.17) is 10.5 Å². The van der Waals surface area contributed by atoms with E-state index in [1.807, 2.05) is 6.92 Å². The predicted molar refractivity (Wildman–Crippen MR) is 51.4 cm³/mol. The molecule has 0 spiro atoms. The molecular formula is C8H14N4O. The molecule has 1 aromatic heterocycles. The van der Waals surface area contributed by atoms with E-state index in [0.717, 1.165) is 0 Å². The maximum atomic E-state index is 5.57. The van der Waals surface area contributed by atoms with Gasteiger partial charge in [-0.2, -0.15) is 0 Å². The van der Waals surface area contributed by atoms with Gasteiger partial charge < -0.3 is 15.8 Å². The summed E-state index contributed by atoms with van der Waals surface area (Å²) in [4.78, 5) is 7.93. The maximum absolute atomic E-state index is 5.57. The molecule has 1 rings (SSSR count). The highest BCUT2D eigenvalue weighted by molar-refractivity contribution is 5.54. The number of nitrogens with zero attached hydrogens (tertiary/aromatic N) is 2. The Labute approximate surface area is 77.3 Å². The van der Waals surface area contributed by atoms with Gasteiger partial charge in [-0.25, -0.2) is 9.97 Å². The predicted octanol–water partition coefficient (Wildman–Crippen LogP) is 0.506. The van der Waals surface area contributed by atoms with Crippen LogP contribution in [0.2, 0.25) is 0 Å². The topological polar surface area (TPSA) is 73.1 Å². The first kappa shape index (κ1) is 9.73. The maximum Gasteiger partial charge on any atom is 0.169 e. The van der Waals surface area contributed by atoms with Gasteiger partial charge in [0.2, 0.25) is 0 Å². The summed E-state index contributed by atoms with van der Waals surface area (Å²) < 4.78 is 5.06. The molecular weight excluding hydrogens is 168 g/mol. The molecule has 0 aromatic carbocycles. The van der Waals surface area contributed by atoms with Crippen LogP contribution in [0.3, 0.4) is 0 Å². The minimum atomic E-state index is 0.126. The van der Waals surface area contributed by atoms with Crippen molar-refractivity contribution in [3.05, 3.63) is 12.4 Å². The van der Waals surface area contributed by atoms with Crippen LogP contribution >= 0.6 is 0 Å². The van der Waals surface area contributed by atoms with Gasteiger partial charge in [0, 0.05) is 26.0 Å². The Morgan fingerprint density at radius 2 is 2.23 bits per heavy atom. The van der Waals surface area contributed by atoms with Crippen LogP contribution in [-0.4, -0.2) is 29.7 Å². The van der Waals surface area contributed by atoms with E-state index >= 15 is 0 Å². The Hall–Kier alpha value is -1.36. The molecule has 0 saturated carbocycles. The molecule has 72 valence electrons. The zero-order chi connectivity index (χ0) is 9.68. The number of nitrogen functional groups attached to an aromatic ring is 1. The number of hydrogen-bond acceptors (Lipinski definition) is 5. The quantitative estimate of drug-likeness (QED) is 0.709. The van der Waals surface area contributed by atoms with Crippen molar-refractivity contribution in [2.24, 2.45) is 0 Å². The Morgan fingerprint density at radius 1 is 1.54 bits per heavy atom. The van der Waals surface area contributed by atoms with Crippen molar-refractivity contribution in [2.45, 2.75) is 13.0 Å². The smallest absolute Gasteiger partial charge is 0.169 e. The molecule has 0 bridgehead atoms. The second kappa shape index (κ2) is 4.61. The highest BCUT2D eigenvalue weighted by Gasteiger charge is 2.02. The zero-order valence-electron chi connectivity index (χ0n) is 7.82. The zero-order valence-corrected chi connectivity index (χ0v) is 7.82. The third-order valence-corrected chi connectivity index (χ3v) is 1.69. The SMILES string of the molecule is COC(C)CNc1nccnc1N. The molecule has 0 amide bonds. The number of aromatic nitrogens is 2. The number of nitrogens with one attached hydrogen (secondary N) is 1. The van der Waals surface area contributed by atoms with Crippen molar-refractivity contribution in [3.8, 4) is 0 Å². The fourth-order valence-electron chi connectivity index (χ4n) is 0.809. The molecule has 1 atom stereocenters. The van der Waals surface area contributed by atoms with E-state index in [1.54, 1.807) is 19.5 Å². The van der Waals surface area contributed by atoms with Crippen LogP contribution in [0, 0.1) is 0 Å². The summed E-state index contributed by atoms with van der Waals surface area (Å²) in [7, 11) is 1.66. The Bertz CT molecular complexity index is 266. The third kappa shape index (κ3) is 2.87. The fourth-order valence-corrected chi connectivity index (χ4v) is 0.809. The Balaban J connectivity index is 2.50. The largest absolute Gasteiger partial charge is 0.381 e. The second-order valence-corrected chi connectivity index (χ2v) is 2.72. The molecule has 5 nitrogen and oxygen atoms in total. The summed E-state index contributed by atoms with van der Waals surface area (Å²) in [5.41, 5.74) is 5.57. The van der Waals surface area contributed by atoms with Crippen molar-refractivity contribution >= 4 is 11.6 Å². The number of ether oxygens (including phenoxy) is 1. The van der Waals surface area contributed by atoms with E-state index in [0.29, 0.717) is 18.2 Å². The van der Waals surface area contributed by atoms with Gasteiger partial charge in [-0.3, -0.25) is 0 Å². The first-order chi connectivity index (χ1) is 6.24. The molecule has 1 unspecified atom stereocenters. The van der Waals surface area contributed by atoms with Crippen molar-refractivity contribution in [1.29, 1.82) is 0 Å². The molecule has 0 aliphatic rings. The van der Waals surface area contributed by atoms with Gasteiger partial charge in [0.15, 0.2) is 11.6 Å². The van der Waals surface area contributed by atoms with Crippen LogP contribution in [0.15, 0.2) is 12.4 Å². The van der Waals surface area contributed by atoms with E-state index in [-0.39, 0.29) is 6.10 Å². The number of nitrogens with two attached hydrogens (primary N) is 1. The summed E-state index contributed by atoms with van der Waals surface area (Å²) in [5, 5.41) is 3.04. The summed E-state index contributed by atoms with van der Waals surface area (Å²) >= 11 is 0. The van der Waals surface area contributed by atoms with Gasteiger partial charge in [0.05, 0.1) is 6.10 Å². The summed E-state index contributed by atoms with van der Waals surface area (Å²) in [6.07, 6.45) is 3.28. The lowest BCUT2D eigenvalue weighted by atomic mass is 10.4. The summed E-state index contributed by atoms with van der Waals surface area (Å²) in [6.45, 7) is 2.62. The van der Waals surface area contributed by atoms with Crippen LogP contribution < -0.4 is 11.1 Å². The van der Waals surface area contributed by atoms with Gasteiger partial charge in [-0.05, 0) is 6.92 Å². The van der Waals surface area contributed by atoms with Crippen LogP contribution in [0.5, 0.6) is 0 Å². The molecule has 13 heavy (non-hydrogen) atoms. The lowest BCUT2D eigenvalue weighted by Gasteiger charge is -2.11. The van der Waals surface area contributed by atoms with Gasteiger partial charge in [-0.15, -0.1) is 0 Å². The normalized spacial score (nSPS) is 12.5. The first-order valence-corrected chi connectivity index (χ1v) is 4.07. The molecule has 1 aromatic rings. The van der Waals surface area contributed by atoms with Crippen LogP contribution in [0.25, 0.3) is 0 Å². The van der Waals surface area contributed by atoms with Crippen molar-refractivity contribution in [2.75, 3.05) is 24.7 Å². The molecule has 0 fully saturated rings. The molecule has 0 aliphatic carbocycles. The fraction of sp³-hybridized carbons (Fsp3) is 0.500. The van der Waals surface area contributed by atoms with Gasteiger partial charge in [0.25, 0.3) is 0 Å². The number of rotatable bonds is 4. The lowest BCUT2D eigenvalue weighted by molar-refractivity contribution is 0.128. The Morgan fingerprint density at radius 3 is 2.85 bits per heavy atom. The lowest BCUT2D eigenvalue weighted by Crippen LogP contribution is -2.19. The van der Waals surface area contributed by atoms with Crippen LogP contribution in [-0.2, 0) is 4.74 Å². The first-order valence-electron chi connectivity index (χ1n) is 4.07. The Kier molecular flexibility index (Phi) is 3.45. The average Bonchev–Trinajstić information content (AvgIpc) is 2.16. The van der Waals surface area contributed by atoms with Crippen molar-refractivity contribution < 1.29 is 4.74 Å². The number of anilines is 2. The van der Waals surface area contributed by atoms with E-state index in [9.17, 15) is 0 Å². The second-order valence-electron chi connectivity index (χ2n) is 2.72. The summed E-state index contributed by atoms with van der Waals surface area (Å²) in [5.74, 6) is 1.01. The van der Waals surface area contributed by atoms with E-state index < -0.39 is 0 Å². The van der Waals surface area contributed by atoms with Gasteiger partial charge in [-0.1, -0.05) is 0 Å².